The lowest BCUT2D eigenvalue weighted by Gasteiger charge is -2.01. The van der Waals surface area contributed by atoms with Crippen molar-refractivity contribution >= 4 is 46.5 Å². The molecule has 6 nitrogen and oxygen atoms in total. The molecule has 1 aromatic carbocycles. The molecule has 0 aliphatic rings. The number of pyridine rings is 1. The number of hydrogen-bond donors (Lipinski definition) is 1. The molecule has 1 amide bonds. The van der Waals surface area contributed by atoms with E-state index >= 15 is 0 Å². The van der Waals surface area contributed by atoms with Gasteiger partial charge in [0.1, 0.15) is 0 Å². The van der Waals surface area contributed by atoms with Gasteiger partial charge >= 0.3 is 0 Å². The number of carbonyl (C=O) groups is 1. The van der Waals surface area contributed by atoms with Crippen LogP contribution in [0.15, 0.2) is 62.6 Å². The average molecular weight is 430 g/mol. The maximum atomic E-state index is 12.0. The number of aryl methyl sites for hydroxylation is 1. The lowest BCUT2D eigenvalue weighted by atomic mass is 10.2. The summed E-state index contributed by atoms with van der Waals surface area (Å²) in [6, 6.07) is 12.2. The Balaban J connectivity index is 1.43. The predicted octanol–water partition coefficient (Wildman–Crippen LogP) is 4.17. The predicted molar refractivity (Wildman–Crippen MR) is 116 cm³/mol. The van der Waals surface area contributed by atoms with E-state index in [-0.39, 0.29) is 11.7 Å². The van der Waals surface area contributed by atoms with Crippen LogP contribution in [0.3, 0.4) is 0 Å². The van der Waals surface area contributed by atoms with Gasteiger partial charge < -0.3 is 0 Å². The van der Waals surface area contributed by atoms with E-state index in [9.17, 15) is 4.79 Å². The molecule has 1 N–H and O–H groups in total. The summed E-state index contributed by atoms with van der Waals surface area (Å²) < 4.78 is 1.67. The number of hydrogen-bond acceptors (Lipinski definition) is 8. The Bertz CT molecular complexity index is 942. The van der Waals surface area contributed by atoms with Gasteiger partial charge in [-0.3, -0.25) is 9.78 Å². The lowest BCUT2D eigenvalue weighted by molar-refractivity contribution is -0.118. The number of hydrazone groups is 1. The Kier molecular flexibility index (Phi) is 7.58. The van der Waals surface area contributed by atoms with Crippen molar-refractivity contribution in [1.82, 2.24) is 20.6 Å². The van der Waals surface area contributed by atoms with E-state index in [1.54, 1.807) is 24.2 Å². The van der Waals surface area contributed by atoms with Crippen molar-refractivity contribution in [2.45, 2.75) is 28.3 Å². The van der Waals surface area contributed by atoms with Crippen LogP contribution in [-0.2, 0) is 10.5 Å². The topological polar surface area (TPSA) is 80.1 Å². The van der Waals surface area contributed by atoms with E-state index in [0.29, 0.717) is 5.71 Å². The monoisotopic (exact) mass is 429 g/mol. The Morgan fingerprint density at radius 1 is 1.14 bits per heavy atom. The van der Waals surface area contributed by atoms with Crippen LogP contribution in [0, 0.1) is 6.92 Å². The van der Waals surface area contributed by atoms with Gasteiger partial charge in [0.15, 0.2) is 8.68 Å². The minimum absolute atomic E-state index is 0.183. The summed E-state index contributed by atoms with van der Waals surface area (Å²) in [6.45, 7) is 3.90. The fourth-order valence-electron chi connectivity index (χ4n) is 2.09. The van der Waals surface area contributed by atoms with E-state index in [1.807, 2.05) is 19.1 Å². The van der Waals surface area contributed by atoms with Crippen LogP contribution < -0.4 is 5.43 Å². The maximum Gasteiger partial charge on any atom is 0.250 e. The van der Waals surface area contributed by atoms with Gasteiger partial charge in [0, 0.05) is 23.7 Å². The molecule has 3 rings (SSSR count). The third-order valence-electron chi connectivity index (χ3n) is 3.63. The number of thioether (sulfide) groups is 2. The summed E-state index contributed by atoms with van der Waals surface area (Å²) in [5.41, 5.74) is 6.64. The van der Waals surface area contributed by atoms with Crippen molar-refractivity contribution in [2.75, 3.05) is 5.75 Å². The molecular formula is C19H19N5OS3. The Hall–Kier alpha value is -2.23. The number of aromatic nitrogens is 3. The Labute approximate surface area is 176 Å². The molecule has 0 atom stereocenters. The van der Waals surface area contributed by atoms with Crippen LogP contribution in [0.4, 0.5) is 0 Å². The second kappa shape index (κ2) is 10.4. The molecule has 0 aliphatic heterocycles. The van der Waals surface area contributed by atoms with Gasteiger partial charge in [-0.15, -0.1) is 10.2 Å². The van der Waals surface area contributed by atoms with Crippen LogP contribution >= 0.6 is 34.9 Å². The zero-order valence-electron chi connectivity index (χ0n) is 15.5. The minimum atomic E-state index is -0.183. The second-order valence-corrected chi connectivity index (χ2v) is 9.29. The van der Waals surface area contributed by atoms with Gasteiger partial charge in [0.25, 0.3) is 5.91 Å². The molecule has 28 heavy (non-hydrogen) atoms. The van der Waals surface area contributed by atoms with Crippen LogP contribution in [0.5, 0.6) is 0 Å². The summed E-state index contributed by atoms with van der Waals surface area (Å²) in [4.78, 5) is 16.0. The molecule has 2 heterocycles. The molecule has 3 aromatic rings. The highest BCUT2D eigenvalue weighted by Crippen LogP contribution is 2.30. The fourth-order valence-corrected chi connectivity index (χ4v) is 4.86. The van der Waals surface area contributed by atoms with Gasteiger partial charge in [-0.2, -0.15) is 5.10 Å². The van der Waals surface area contributed by atoms with Gasteiger partial charge in [-0.1, -0.05) is 70.8 Å². The Morgan fingerprint density at radius 3 is 2.61 bits per heavy atom. The van der Waals surface area contributed by atoms with Crippen LogP contribution in [-0.4, -0.2) is 32.6 Å². The van der Waals surface area contributed by atoms with Gasteiger partial charge in [-0.05, 0) is 25.5 Å². The molecule has 0 saturated carbocycles. The smallest absolute Gasteiger partial charge is 0.250 e. The lowest BCUT2D eigenvalue weighted by Crippen LogP contribution is -2.21. The third-order valence-corrected chi connectivity index (χ3v) is 6.89. The van der Waals surface area contributed by atoms with Crippen molar-refractivity contribution in [1.29, 1.82) is 0 Å². The van der Waals surface area contributed by atoms with Crippen molar-refractivity contribution in [3.63, 3.8) is 0 Å². The van der Waals surface area contributed by atoms with Gasteiger partial charge in [-0.25, -0.2) is 5.43 Å². The fraction of sp³-hybridized carbons (Fsp3) is 0.211. The molecule has 0 radical (unpaired) electrons. The highest BCUT2D eigenvalue weighted by Gasteiger charge is 2.09. The second-order valence-electron chi connectivity index (χ2n) is 5.87. The van der Waals surface area contributed by atoms with Crippen LogP contribution in [0.2, 0.25) is 0 Å². The third kappa shape index (κ3) is 6.43. The molecule has 2 aromatic heterocycles. The molecule has 0 bridgehead atoms. The summed E-state index contributed by atoms with van der Waals surface area (Å²) in [5.74, 6) is 0.904. The van der Waals surface area contributed by atoms with Crippen molar-refractivity contribution in [3.8, 4) is 0 Å². The number of nitrogens with one attached hydrogen (secondary N) is 1. The first-order valence-electron chi connectivity index (χ1n) is 8.48. The van der Waals surface area contributed by atoms with E-state index in [4.69, 9.17) is 0 Å². The normalized spacial score (nSPS) is 11.4. The number of amides is 1. The summed E-state index contributed by atoms with van der Waals surface area (Å²) in [5, 5.41) is 12.4. The van der Waals surface area contributed by atoms with Crippen molar-refractivity contribution in [3.05, 3.63) is 65.5 Å². The quantitative estimate of drug-likeness (QED) is 0.329. The zero-order chi connectivity index (χ0) is 19.8. The maximum absolute atomic E-state index is 12.0. The largest absolute Gasteiger partial charge is 0.272 e. The molecule has 9 heteroatoms. The SMILES string of the molecule is C/C(=N/NC(=O)CSc1nnc(SCc2ccc(C)cc2)s1)c1cccnc1. The van der Waals surface area contributed by atoms with E-state index in [0.717, 1.165) is 20.0 Å². The number of benzene rings is 1. The number of carbonyl (C=O) groups excluding carboxylic acids is 1. The first-order valence-corrected chi connectivity index (χ1v) is 11.3. The first-order chi connectivity index (χ1) is 13.6. The highest BCUT2D eigenvalue weighted by molar-refractivity contribution is 8.03. The number of nitrogens with zero attached hydrogens (tertiary/aromatic N) is 4. The molecule has 0 saturated heterocycles. The van der Waals surface area contributed by atoms with Crippen molar-refractivity contribution in [2.24, 2.45) is 5.10 Å². The summed E-state index contributed by atoms with van der Waals surface area (Å²) >= 11 is 4.51. The van der Waals surface area contributed by atoms with E-state index < -0.39 is 0 Å². The molecular weight excluding hydrogens is 410 g/mol. The molecule has 0 spiro atoms. The molecule has 0 unspecified atom stereocenters. The minimum Gasteiger partial charge on any atom is -0.272 e. The molecule has 144 valence electrons. The van der Waals surface area contributed by atoms with Crippen molar-refractivity contribution < 1.29 is 4.79 Å². The highest BCUT2D eigenvalue weighted by atomic mass is 32.2. The van der Waals surface area contributed by atoms with Gasteiger partial charge in [0.05, 0.1) is 11.5 Å². The van der Waals surface area contributed by atoms with E-state index in [2.05, 4.69) is 56.9 Å². The molecule has 0 fully saturated rings. The van der Waals surface area contributed by atoms with E-state index in [1.165, 1.54) is 34.2 Å². The summed E-state index contributed by atoms with van der Waals surface area (Å²) in [6.07, 6.45) is 3.40. The van der Waals surface area contributed by atoms with Crippen LogP contribution in [0.25, 0.3) is 0 Å². The van der Waals surface area contributed by atoms with Crippen LogP contribution in [0.1, 0.15) is 23.6 Å². The zero-order valence-corrected chi connectivity index (χ0v) is 17.9. The average Bonchev–Trinajstić information content (AvgIpc) is 3.18. The van der Waals surface area contributed by atoms with Gasteiger partial charge in [0.2, 0.25) is 0 Å². The molecule has 0 aliphatic carbocycles. The number of rotatable bonds is 8. The standard InChI is InChI=1S/C19H19N5OS3/c1-13-5-7-15(8-6-13)11-26-18-23-24-19(28-18)27-12-17(25)22-21-14(2)16-4-3-9-20-10-16/h3-10H,11-12H2,1-2H3,(H,22,25)/b21-14-. The summed E-state index contributed by atoms with van der Waals surface area (Å²) in [7, 11) is 0. The Morgan fingerprint density at radius 2 is 1.89 bits per heavy atom. The first kappa shape index (κ1) is 20.5.